The van der Waals surface area contributed by atoms with Gasteiger partial charge in [0.15, 0.2) is 0 Å². The Balaban J connectivity index is 1.95. The van der Waals surface area contributed by atoms with Crippen molar-refractivity contribution < 1.29 is 14.3 Å². The second-order valence-electron chi connectivity index (χ2n) is 6.42. The first kappa shape index (κ1) is 20.0. The third kappa shape index (κ3) is 6.19. The maximum Gasteiger partial charge on any atom is 0.249 e. The molecule has 0 saturated carbocycles. The molecule has 2 unspecified atom stereocenters. The van der Waals surface area contributed by atoms with Crippen LogP contribution in [-0.4, -0.2) is 19.1 Å². The van der Waals surface area contributed by atoms with Crippen LogP contribution < -0.4 is 10.1 Å². The van der Waals surface area contributed by atoms with Crippen LogP contribution in [0.1, 0.15) is 50.3 Å². The van der Waals surface area contributed by atoms with Crippen molar-refractivity contribution in [3.8, 4) is 5.75 Å². The van der Waals surface area contributed by atoms with Crippen LogP contribution in [0, 0.1) is 0 Å². The molecule has 1 amide bonds. The predicted octanol–water partition coefficient (Wildman–Crippen LogP) is 4.65. The van der Waals surface area contributed by atoms with Crippen molar-refractivity contribution in [2.24, 2.45) is 0 Å². The quantitative estimate of drug-likeness (QED) is 0.675. The lowest BCUT2D eigenvalue weighted by molar-refractivity contribution is -0.133. The molecule has 0 aliphatic rings. The fourth-order valence-electron chi connectivity index (χ4n) is 2.73. The van der Waals surface area contributed by atoms with Crippen LogP contribution >= 0.6 is 0 Å². The van der Waals surface area contributed by atoms with Crippen LogP contribution in [-0.2, 0) is 16.1 Å². The molecule has 1 N–H and O–H groups in total. The third-order valence-corrected chi connectivity index (χ3v) is 4.39. The smallest absolute Gasteiger partial charge is 0.249 e. The molecule has 0 aliphatic heterocycles. The van der Waals surface area contributed by atoms with E-state index in [9.17, 15) is 4.79 Å². The summed E-state index contributed by atoms with van der Waals surface area (Å²) in [5, 5.41) is 3.14. The van der Waals surface area contributed by atoms with Gasteiger partial charge in [0.05, 0.1) is 19.8 Å². The van der Waals surface area contributed by atoms with E-state index in [2.05, 4.69) is 12.2 Å². The molecule has 0 radical (unpaired) electrons. The van der Waals surface area contributed by atoms with Gasteiger partial charge in [-0.1, -0.05) is 62.2 Å². The summed E-state index contributed by atoms with van der Waals surface area (Å²) in [5.41, 5.74) is 2.15. The van der Waals surface area contributed by atoms with Crippen molar-refractivity contribution in [2.75, 3.05) is 7.11 Å². The first-order valence-electron chi connectivity index (χ1n) is 9.24. The molecule has 2 rings (SSSR count). The minimum absolute atomic E-state index is 0.0175. The molecule has 0 bridgehead atoms. The van der Waals surface area contributed by atoms with E-state index in [1.807, 2.05) is 54.6 Å². The zero-order valence-electron chi connectivity index (χ0n) is 15.9. The van der Waals surface area contributed by atoms with Gasteiger partial charge in [-0.05, 0) is 36.6 Å². The second kappa shape index (κ2) is 10.6. The fourth-order valence-corrected chi connectivity index (χ4v) is 2.73. The summed E-state index contributed by atoms with van der Waals surface area (Å²) < 4.78 is 11.0. The van der Waals surface area contributed by atoms with Gasteiger partial charge in [-0.15, -0.1) is 0 Å². The van der Waals surface area contributed by atoms with Gasteiger partial charge in [0.25, 0.3) is 0 Å². The Bertz CT molecular complexity index is 655. The maximum absolute atomic E-state index is 12.6. The van der Waals surface area contributed by atoms with Gasteiger partial charge in [-0.3, -0.25) is 4.79 Å². The Morgan fingerprint density at radius 3 is 2.38 bits per heavy atom. The van der Waals surface area contributed by atoms with Crippen molar-refractivity contribution in [1.29, 1.82) is 0 Å². The number of hydrogen-bond donors (Lipinski definition) is 1. The Morgan fingerprint density at radius 2 is 1.77 bits per heavy atom. The van der Waals surface area contributed by atoms with Crippen LogP contribution in [0.4, 0.5) is 0 Å². The third-order valence-electron chi connectivity index (χ3n) is 4.39. The zero-order valence-corrected chi connectivity index (χ0v) is 15.9. The lowest BCUT2D eigenvalue weighted by Crippen LogP contribution is -2.37. The number of carbonyl (C=O) groups is 1. The normalized spacial score (nSPS) is 13.0. The van der Waals surface area contributed by atoms with Gasteiger partial charge in [0.2, 0.25) is 5.91 Å². The molecule has 0 saturated heterocycles. The molecule has 0 fully saturated rings. The highest BCUT2D eigenvalue weighted by Gasteiger charge is 2.19. The summed E-state index contributed by atoms with van der Waals surface area (Å²) in [6.45, 7) is 4.37. The SMILES string of the molecule is CCCCC(NC(=O)C(C)OCc1ccccc1)c1ccc(OC)cc1. The minimum atomic E-state index is -0.502. The first-order valence-corrected chi connectivity index (χ1v) is 9.24. The summed E-state index contributed by atoms with van der Waals surface area (Å²) >= 11 is 0. The summed E-state index contributed by atoms with van der Waals surface area (Å²) in [6, 6.07) is 17.7. The lowest BCUT2D eigenvalue weighted by Gasteiger charge is -2.22. The summed E-state index contributed by atoms with van der Waals surface area (Å²) in [6.07, 6.45) is 2.54. The molecule has 26 heavy (non-hydrogen) atoms. The van der Waals surface area contributed by atoms with E-state index in [0.29, 0.717) is 6.61 Å². The van der Waals surface area contributed by atoms with Gasteiger partial charge in [0, 0.05) is 0 Å². The zero-order chi connectivity index (χ0) is 18.8. The van der Waals surface area contributed by atoms with E-state index in [1.165, 1.54) is 0 Å². The van der Waals surface area contributed by atoms with E-state index < -0.39 is 6.10 Å². The number of methoxy groups -OCH3 is 1. The van der Waals surface area contributed by atoms with Gasteiger partial charge in [-0.2, -0.15) is 0 Å². The molecule has 2 aromatic rings. The summed E-state index contributed by atoms with van der Waals surface area (Å²) in [7, 11) is 1.65. The number of benzene rings is 2. The topological polar surface area (TPSA) is 47.6 Å². The largest absolute Gasteiger partial charge is 0.497 e. The molecule has 0 spiro atoms. The average molecular weight is 355 g/mol. The molecule has 4 heteroatoms. The molecular formula is C22H29NO3. The van der Waals surface area contributed by atoms with E-state index in [1.54, 1.807) is 14.0 Å². The standard InChI is InChI=1S/C22H29NO3/c1-4-5-11-21(19-12-14-20(25-3)15-13-19)23-22(24)17(2)26-16-18-9-7-6-8-10-18/h6-10,12-15,17,21H,4-5,11,16H2,1-3H3,(H,23,24). The van der Waals surface area contributed by atoms with E-state index >= 15 is 0 Å². The average Bonchev–Trinajstić information content (AvgIpc) is 2.70. The Morgan fingerprint density at radius 1 is 1.08 bits per heavy atom. The van der Waals surface area contributed by atoms with Crippen molar-refractivity contribution in [3.05, 3.63) is 65.7 Å². The molecule has 0 aromatic heterocycles. The second-order valence-corrected chi connectivity index (χ2v) is 6.42. The summed E-state index contributed by atoms with van der Waals surface area (Å²) in [4.78, 5) is 12.6. The maximum atomic E-state index is 12.6. The van der Waals surface area contributed by atoms with Crippen LogP contribution in [0.5, 0.6) is 5.75 Å². The molecule has 2 aromatic carbocycles. The van der Waals surface area contributed by atoms with Crippen LogP contribution in [0.3, 0.4) is 0 Å². The number of nitrogens with one attached hydrogen (secondary N) is 1. The number of unbranched alkanes of at least 4 members (excludes halogenated alkanes) is 1. The van der Waals surface area contributed by atoms with Gasteiger partial charge in [0.1, 0.15) is 11.9 Å². The van der Waals surface area contributed by atoms with Crippen molar-refractivity contribution >= 4 is 5.91 Å². The highest BCUT2D eigenvalue weighted by molar-refractivity contribution is 5.80. The molecule has 2 atom stereocenters. The van der Waals surface area contributed by atoms with Gasteiger partial charge >= 0.3 is 0 Å². The lowest BCUT2D eigenvalue weighted by atomic mass is 10.0. The molecule has 0 aliphatic carbocycles. The first-order chi connectivity index (χ1) is 12.6. The highest BCUT2D eigenvalue weighted by Crippen LogP contribution is 2.22. The van der Waals surface area contributed by atoms with Crippen molar-refractivity contribution in [2.45, 2.75) is 51.9 Å². The van der Waals surface area contributed by atoms with Gasteiger partial charge in [-0.25, -0.2) is 0 Å². The number of carbonyl (C=O) groups excluding carboxylic acids is 1. The Kier molecular flexibility index (Phi) is 8.16. The van der Waals surface area contributed by atoms with Gasteiger partial charge < -0.3 is 14.8 Å². The van der Waals surface area contributed by atoms with E-state index in [4.69, 9.17) is 9.47 Å². The molecule has 140 valence electrons. The summed E-state index contributed by atoms with van der Waals surface area (Å²) in [5.74, 6) is 0.728. The molecule has 4 nitrogen and oxygen atoms in total. The fraction of sp³-hybridized carbons (Fsp3) is 0.409. The monoisotopic (exact) mass is 355 g/mol. The number of hydrogen-bond acceptors (Lipinski definition) is 3. The van der Waals surface area contributed by atoms with E-state index in [-0.39, 0.29) is 11.9 Å². The Hall–Kier alpha value is -2.33. The predicted molar refractivity (Wildman–Crippen MR) is 104 cm³/mol. The molecular weight excluding hydrogens is 326 g/mol. The van der Waals surface area contributed by atoms with Crippen molar-refractivity contribution in [3.63, 3.8) is 0 Å². The van der Waals surface area contributed by atoms with Crippen LogP contribution in [0.25, 0.3) is 0 Å². The number of ether oxygens (including phenoxy) is 2. The minimum Gasteiger partial charge on any atom is -0.497 e. The van der Waals surface area contributed by atoms with Crippen molar-refractivity contribution in [1.82, 2.24) is 5.32 Å². The van der Waals surface area contributed by atoms with E-state index in [0.717, 1.165) is 36.1 Å². The Labute approximate surface area is 156 Å². The molecule has 0 heterocycles. The van der Waals surface area contributed by atoms with Crippen LogP contribution in [0.2, 0.25) is 0 Å². The number of amides is 1. The highest BCUT2D eigenvalue weighted by atomic mass is 16.5. The van der Waals surface area contributed by atoms with Crippen LogP contribution in [0.15, 0.2) is 54.6 Å². The number of rotatable bonds is 10.